The molecule has 0 aliphatic heterocycles. The molecule has 0 bridgehead atoms. The number of amides is 1. The highest BCUT2D eigenvalue weighted by molar-refractivity contribution is 8.76. The van der Waals surface area contributed by atoms with Gasteiger partial charge in [0.25, 0.3) is 0 Å². The second-order valence-corrected chi connectivity index (χ2v) is 6.77. The molecule has 1 heterocycles. The van der Waals surface area contributed by atoms with Crippen LogP contribution < -0.4 is 21.7 Å². The molecular formula is C13H22N6OS2. The quantitative estimate of drug-likeness (QED) is 0.253. The van der Waals surface area contributed by atoms with Crippen LogP contribution in [0.1, 0.15) is 0 Å². The highest BCUT2D eigenvalue weighted by atomic mass is 33.1. The van der Waals surface area contributed by atoms with E-state index in [2.05, 4.69) is 32.5 Å². The molecule has 0 atom stereocenters. The average molecular weight is 342 g/mol. The Morgan fingerprint density at radius 3 is 2.55 bits per heavy atom. The summed E-state index contributed by atoms with van der Waals surface area (Å²) in [6.45, 7) is 6.02. The summed E-state index contributed by atoms with van der Waals surface area (Å²) in [5.74, 6) is 3.25. The van der Waals surface area contributed by atoms with Crippen molar-refractivity contribution in [2.24, 2.45) is 5.73 Å². The number of rotatable bonds is 12. The molecule has 1 aromatic heterocycles. The summed E-state index contributed by atoms with van der Waals surface area (Å²) in [5, 5.41) is 9.04. The van der Waals surface area contributed by atoms with E-state index in [4.69, 9.17) is 5.73 Å². The summed E-state index contributed by atoms with van der Waals surface area (Å²) in [5.41, 5.74) is 5.42. The number of hydrogen-bond acceptors (Lipinski definition) is 8. The van der Waals surface area contributed by atoms with Gasteiger partial charge >= 0.3 is 0 Å². The monoisotopic (exact) mass is 342 g/mol. The second-order valence-electron chi connectivity index (χ2n) is 4.07. The Balaban J connectivity index is 2.21. The fourth-order valence-electron chi connectivity index (χ4n) is 1.39. The van der Waals surface area contributed by atoms with Gasteiger partial charge in [-0.15, -0.1) is 0 Å². The van der Waals surface area contributed by atoms with Crippen LogP contribution in [0.2, 0.25) is 0 Å². The zero-order chi connectivity index (χ0) is 16.0. The van der Waals surface area contributed by atoms with E-state index in [0.717, 1.165) is 29.7 Å². The molecule has 0 radical (unpaired) electrons. The van der Waals surface area contributed by atoms with Crippen LogP contribution in [0.25, 0.3) is 0 Å². The van der Waals surface area contributed by atoms with Crippen LogP contribution in [-0.2, 0) is 4.79 Å². The summed E-state index contributed by atoms with van der Waals surface area (Å²) < 4.78 is 0. The SMILES string of the molecule is C=CC(=O)NCCNc1cc(NCCSSCCN)ncn1. The predicted molar refractivity (Wildman–Crippen MR) is 96.2 cm³/mol. The Morgan fingerprint density at radius 2 is 1.86 bits per heavy atom. The zero-order valence-corrected chi connectivity index (χ0v) is 14.0. The third-order valence-corrected chi connectivity index (χ3v) is 4.80. The lowest BCUT2D eigenvalue weighted by Gasteiger charge is -2.08. The maximum Gasteiger partial charge on any atom is 0.243 e. The van der Waals surface area contributed by atoms with Gasteiger partial charge in [0, 0.05) is 43.8 Å². The molecule has 0 aromatic carbocycles. The second kappa shape index (κ2) is 12.1. The molecule has 7 nitrogen and oxygen atoms in total. The van der Waals surface area contributed by atoms with Gasteiger partial charge in [0.2, 0.25) is 5.91 Å². The largest absolute Gasteiger partial charge is 0.369 e. The van der Waals surface area contributed by atoms with E-state index >= 15 is 0 Å². The first kappa shape index (κ1) is 18.6. The third-order valence-electron chi connectivity index (χ3n) is 2.36. The van der Waals surface area contributed by atoms with E-state index in [1.807, 2.05) is 6.07 Å². The van der Waals surface area contributed by atoms with Gasteiger partial charge in [0.05, 0.1) is 0 Å². The van der Waals surface area contributed by atoms with Crippen molar-refractivity contribution in [1.29, 1.82) is 0 Å². The fraction of sp³-hybridized carbons (Fsp3) is 0.462. The highest BCUT2D eigenvalue weighted by Crippen LogP contribution is 2.19. The molecule has 0 saturated heterocycles. The third kappa shape index (κ3) is 8.75. The number of anilines is 2. The number of carbonyl (C=O) groups excluding carboxylic acids is 1. The van der Waals surface area contributed by atoms with Crippen LogP contribution in [0.4, 0.5) is 11.6 Å². The average Bonchev–Trinajstić information content (AvgIpc) is 2.55. The number of nitrogens with two attached hydrogens (primary N) is 1. The van der Waals surface area contributed by atoms with Gasteiger partial charge in [-0.05, 0) is 6.08 Å². The predicted octanol–water partition coefficient (Wildman–Crippen LogP) is 0.943. The van der Waals surface area contributed by atoms with Crippen molar-refractivity contribution in [2.75, 3.05) is 48.3 Å². The topological polar surface area (TPSA) is 105 Å². The van der Waals surface area contributed by atoms with E-state index in [9.17, 15) is 4.79 Å². The van der Waals surface area contributed by atoms with E-state index in [0.29, 0.717) is 19.6 Å². The first-order chi connectivity index (χ1) is 10.8. The van der Waals surface area contributed by atoms with Crippen molar-refractivity contribution >= 4 is 39.1 Å². The minimum atomic E-state index is -0.183. The van der Waals surface area contributed by atoms with Crippen LogP contribution in [0.15, 0.2) is 25.0 Å². The number of hydrogen-bond donors (Lipinski definition) is 4. The van der Waals surface area contributed by atoms with Crippen molar-refractivity contribution in [3.05, 3.63) is 25.0 Å². The van der Waals surface area contributed by atoms with Crippen molar-refractivity contribution in [3.63, 3.8) is 0 Å². The number of carbonyl (C=O) groups is 1. The molecule has 122 valence electrons. The molecule has 0 fully saturated rings. The molecular weight excluding hydrogens is 320 g/mol. The molecule has 22 heavy (non-hydrogen) atoms. The number of nitrogens with zero attached hydrogens (tertiary/aromatic N) is 2. The van der Waals surface area contributed by atoms with E-state index in [1.54, 1.807) is 21.6 Å². The molecule has 0 unspecified atom stereocenters. The number of aromatic nitrogens is 2. The normalized spacial score (nSPS) is 10.0. The Bertz CT molecular complexity index is 460. The van der Waals surface area contributed by atoms with E-state index in [-0.39, 0.29) is 5.91 Å². The van der Waals surface area contributed by atoms with Gasteiger partial charge in [0.15, 0.2) is 0 Å². The van der Waals surface area contributed by atoms with Crippen LogP contribution in [-0.4, -0.2) is 53.6 Å². The highest BCUT2D eigenvalue weighted by Gasteiger charge is 1.99. The van der Waals surface area contributed by atoms with Crippen molar-refractivity contribution < 1.29 is 4.79 Å². The molecule has 1 amide bonds. The molecule has 9 heteroatoms. The van der Waals surface area contributed by atoms with Gasteiger partial charge in [-0.3, -0.25) is 4.79 Å². The Hall–Kier alpha value is -1.45. The minimum Gasteiger partial charge on any atom is -0.369 e. The van der Waals surface area contributed by atoms with Crippen LogP contribution in [0.5, 0.6) is 0 Å². The molecule has 0 spiro atoms. The van der Waals surface area contributed by atoms with Crippen molar-refractivity contribution in [3.8, 4) is 0 Å². The molecule has 0 saturated carbocycles. The van der Waals surface area contributed by atoms with Crippen LogP contribution in [0, 0.1) is 0 Å². The molecule has 0 aliphatic rings. The minimum absolute atomic E-state index is 0.183. The molecule has 0 aliphatic carbocycles. The van der Waals surface area contributed by atoms with E-state index in [1.165, 1.54) is 12.4 Å². The standard InChI is InChI=1S/C13H22N6OS2/c1-2-13(20)17-5-4-15-11-9-12(19-10-18-11)16-6-8-22-21-7-3-14/h2,9-10H,1,3-8,14H2,(H,17,20)(H2,15,16,18,19). The lowest BCUT2D eigenvalue weighted by atomic mass is 10.5. The van der Waals surface area contributed by atoms with Gasteiger partial charge in [-0.2, -0.15) is 0 Å². The number of nitrogens with one attached hydrogen (secondary N) is 3. The Labute approximate surface area is 138 Å². The van der Waals surface area contributed by atoms with Crippen molar-refractivity contribution in [2.45, 2.75) is 0 Å². The van der Waals surface area contributed by atoms with Gasteiger partial charge in [0.1, 0.15) is 18.0 Å². The first-order valence-electron chi connectivity index (χ1n) is 6.90. The molecule has 1 aromatic rings. The van der Waals surface area contributed by atoms with Gasteiger partial charge in [-0.1, -0.05) is 28.2 Å². The lowest BCUT2D eigenvalue weighted by Crippen LogP contribution is -2.27. The Kier molecular flexibility index (Phi) is 10.3. The van der Waals surface area contributed by atoms with Gasteiger partial charge in [-0.25, -0.2) is 9.97 Å². The maximum atomic E-state index is 11.0. The maximum absolute atomic E-state index is 11.0. The summed E-state index contributed by atoms with van der Waals surface area (Å²) >= 11 is 0. The summed E-state index contributed by atoms with van der Waals surface area (Å²) in [6.07, 6.45) is 2.75. The molecule has 5 N–H and O–H groups in total. The van der Waals surface area contributed by atoms with Crippen LogP contribution >= 0.6 is 21.6 Å². The van der Waals surface area contributed by atoms with Gasteiger partial charge < -0.3 is 21.7 Å². The zero-order valence-electron chi connectivity index (χ0n) is 12.4. The lowest BCUT2D eigenvalue weighted by molar-refractivity contribution is -0.116. The first-order valence-corrected chi connectivity index (χ1v) is 9.39. The Morgan fingerprint density at radius 1 is 1.18 bits per heavy atom. The smallest absolute Gasteiger partial charge is 0.243 e. The molecule has 1 rings (SSSR count). The van der Waals surface area contributed by atoms with Crippen molar-refractivity contribution in [1.82, 2.24) is 15.3 Å². The fourth-order valence-corrected chi connectivity index (χ4v) is 3.15. The summed E-state index contributed by atoms with van der Waals surface area (Å²) in [7, 11) is 3.56. The van der Waals surface area contributed by atoms with E-state index < -0.39 is 0 Å². The summed E-state index contributed by atoms with van der Waals surface area (Å²) in [4.78, 5) is 19.3. The van der Waals surface area contributed by atoms with Crippen LogP contribution in [0.3, 0.4) is 0 Å². The summed E-state index contributed by atoms with van der Waals surface area (Å²) in [6, 6.07) is 1.84.